The van der Waals surface area contributed by atoms with Gasteiger partial charge >= 0.3 is 0 Å². The molecule has 0 spiro atoms. The number of nitriles is 1. The number of aryl methyl sites for hydroxylation is 1. The average molecular weight is 421 g/mol. The first-order chi connectivity index (χ1) is 14.5. The standard InChI is InChI=1S/C23H21FN4OS/c1-16-21(30-22(26-16)19-6-8-20(24)9-7-19)23(29)28-12-10-27(11-13-28)15-18-4-2-17(14-25)3-5-18/h2-9H,10-13,15H2,1H3. The molecule has 0 aliphatic carbocycles. The number of aromatic nitrogens is 1. The van der Waals surface area contributed by atoms with Crippen LogP contribution >= 0.6 is 11.3 Å². The van der Waals surface area contributed by atoms with Crippen molar-refractivity contribution < 1.29 is 9.18 Å². The highest BCUT2D eigenvalue weighted by atomic mass is 32.1. The normalized spacial score (nSPS) is 14.5. The number of amides is 1. The van der Waals surface area contributed by atoms with Crippen LogP contribution in [0.1, 0.15) is 26.5 Å². The number of carbonyl (C=O) groups excluding carboxylic acids is 1. The molecule has 0 atom stereocenters. The Kier molecular flexibility index (Phi) is 5.88. The molecule has 0 bridgehead atoms. The summed E-state index contributed by atoms with van der Waals surface area (Å²) in [5.74, 6) is -0.279. The van der Waals surface area contributed by atoms with Crippen LogP contribution in [0.5, 0.6) is 0 Å². The van der Waals surface area contributed by atoms with Crippen molar-refractivity contribution in [3.05, 3.63) is 76.0 Å². The minimum atomic E-state index is -0.290. The second kappa shape index (κ2) is 8.74. The predicted octanol–water partition coefficient (Wildman–Crippen LogP) is 4.09. The van der Waals surface area contributed by atoms with Crippen molar-refractivity contribution >= 4 is 17.2 Å². The predicted molar refractivity (Wildman–Crippen MR) is 115 cm³/mol. The summed E-state index contributed by atoms with van der Waals surface area (Å²) in [7, 11) is 0. The first-order valence-electron chi connectivity index (χ1n) is 9.77. The maximum atomic E-state index is 13.2. The third kappa shape index (κ3) is 4.40. The molecule has 30 heavy (non-hydrogen) atoms. The van der Waals surface area contributed by atoms with Gasteiger partial charge in [-0.1, -0.05) is 12.1 Å². The monoisotopic (exact) mass is 420 g/mol. The zero-order valence-corrected chi connectivity index (χ0v) is 17.5. The van der Waals surface area contributed by atoms with Crippen LogP contribution in [-0.4, -0.2) is 46.9 Å². The van der Waals surface area contributed by atoms with E-state index in [2.05, 4.69) is 16.0 Å². The van der Waals surface area contributed by atoms with E-state index in [-0.39, 0.29) is 11.7 Å². The van der Waals surface area contributed by atoms with E-state index < -0.39 is 0 Å². The van der Waals surface area contributed by atoms with E-state index >= 15 is 0 Å². The smallest absolute Gasteiger partial charge is 0.265 e. The zero-order valence-electron chi connectivity index (χ0n) is 16.6. The van der Waals surface area contributed by atoms with Crippen LogP contribution in [0, 0.1) is 24.1 Å². The molecule has 1 fully saturated rings. The van der Waals surface area contributed by atoms with Gasteiger partial charge in [-0.05, 0) is 48.9 Å². The summed E-state index contributed by atoms with van der Waals surface area (Å²) in [6, 6.07) is 15.9. The molecule has 1 aliphatic heterocycles. The van der Waals surface area contributed by atoms with Crippen molar-refractivity contribution in [3.8, 4) is 16.6 Å². The molecule has 0 saturated carbocycles. The highest BCUT2D eigenvalue weighted by Gasteiger charge is 2.25. The topological polar surface area (TPSA) is 60.2 Å². The molecular weight excluding hydrogens is 399 g/mol. The van der Waals surface area contributed by atoms with Crippen LogP contribution in [-0.2, 0) is 6.54 Å². The van der Waals surface area contributed by atoms with Crippen molar-refractivity contribution in [2.75, 3.05) is 26.2 Å². The maximum absolute atomic E-state index is 13.2. The Balaban J connectivity index is 1.38. The van der Waals surface area contributed by atoms with Crippen molar-refractivity contribution in [2.45, 2.75) is 13.5 Å². The molecule has 4 rings (SSSR count). The molecule has 152 valence electrons. The number of halogens is 1. The third-order valence-electron chi connectivity index (χ3n) is 5.23. The van der Waals surface area contributed by atoms with E-state index in [4.69, 9.17) is 5.26 Å². The molecule has 5 nitrogen and oxygen atoms in total. The Morgan fingerprint density at radius 3 is 2.40 bits per heavy atom. The van der Waals surface area contributed by atoms with Gasteiger partial charge < -0.3 is 4.90 Å². The molecule has 3 aromatic rings. The summed E-state index contributed by atoms with van der Waals surface area (Å²) in [6.07, 6.45) is 0. The number of carbonyl (C=O) groups is 1. The van der Waals surface area contributed by atoms with Gasteiger partial charge in [-0.2, -0.15) is 5.26 Å². The number of hydrogen-bond donors (Lipinski definition) is 0. The number of rotatable bonds is 4. The largest absolute Gasteiger partial charge is 0.335 e. The summed E-state index contributed by atoms with van der Waals surface area (Å²) in [5.41, 5.74) is 3.35. The highest BCUT2D eigenvalue weighted by Crippen LogP contribution is 2.29. The summed E-state index contributed by atoms with van der Waals surface area (Å²) in [4.78, 5) is 22.4. The van der Waals surface area contributed by atoms with E-state index in [9.17, 15) is 9.18 Å². The number of benzene rings is 2. The molecule has 1 amide bonds. The summed E-state index contributed by atoms with van der Waals surface area (Å²) in [6.45, 7) is 5.58. The molecule has 1 aromatic heterocycles. The van der Waals surface area contributed by atoms with Gasteiger partial charge in [-0.25, -0.2) is 9.37 Å². The molecular formula is C23H21FN4OS. The molecule has 1 saturated heterocycles. The highest BCUT2D eigenvalue weighted by molar-refractivity contribution is 7.17. The van der Waals surface area contributed by atoms with Gasteiger partial charge in [0.2, 0.25) is 0 Å². The first kappa shape index (κ1) is 20.2. The molecule has 0 unspecified atom stereocenters. The van der Waals surface area contributed by atoms with Crippen LogP contribution in [0.3, 0.4) is 0 Å². The minimum Gasteiger partial charge on any atom is -0.335 e. The van der Waals surface area contributed by atoms with Gasteiger partial charge in [0.1, 0.15) is 15.7 Å². The molecule has 2 heterocycles. The maximum Gasteiger partial charge on any atom is 0.265 e. The SMILES string of the molecule is Cc1nc(-c2ccc(F)cc2)sc1C(=O)N1CCN(Cc2ccc(C#N)cc2)CC1. The van der Waals surface area contributed by atoms with Crippen LogP contribution in [0.4, 0.5) is 4.39 Å². The van der Waals surface area contributed by atoms with Crippen molar-refractivity contribution in [3.63, 3.8) is 0 Å². The van der Waals surface area contributed by atoms with Gasteiger partial charge in [0, 0.05) is 38.3 Å². The Morgan fingerprint density at radius 2 is 1.77 bits per heavy atom. The van der Waals surface area contributed by atoms with Crippen LogP contribution in [0.25, 0.3) is 10.6 Å². The average Bonchev–Trinajstić information content (AvgIpc) is 3.16. The molecule has 1 aliphatic rings. The van der Waals surface area contributed by atoms with E-state index in [0.717, 1.165) is 35.8 Å². The van der Waals surface area contributed by atoms with Crippen molar-refractivity contribution in [1.82, 2.24) is 14.8 Å². The zero-order chi connectivity index (χ0) is 21.1. The van der Waals surface area contributed by atoms with Crippen molar-refractivity contribution in [1.29, 1.82) is 5.26 Å². The minimum absolute atomic E-state index is 0.0105. The van der Waals surface area contributed by atoms with Gasteiger partial charge in [0.25, 0.3) is 5.91 Å². The first-order valence-corrected chi connectivity index (χ1v) is 10.6. The van der Waals surface area contributed by atoms with Gasteiger partial charge in [-0.3, -0.25) is 9.69 Å². The quantitative estimate of drug-likeness (QED) is 0.638. The van der Waals surface area contributed by atoms with Crippen LogP contribution in [0.15, 0.2) is 48.5 Å². The Hall–Kier alpha value is -3.08. The molecule has 0 N–H and O–H groups in total. The summed E-state index contributed by atoms with van der Waals surface area (Å²) in [5, 5.41) is 9.64. The lowest BCUT2D eigenvalue weighted by Crippen LogP contribution is -2.48. The van der Waals surface area contributed by atoms with Gasteiger partial charge in [0.05, 0.1) is 17.3 Å². The van der Waals surface area contributed by atoms with Gasteiger partial charge in [0.15, 0.2) is 0 Å². The number of nitrogens with zero attached hydrogens (tertiary/aromatic N) is 4. The fourth-order valence-electron chi connectivity index (χ4n) is 3.51. The Bertz CT molecular complexity index is 1080. The molecule has 2 aromatic carbocycles. The lowest BCUT2D eigenvalue weighted by Gasteiger charge is -2.34. The fraction of sp³-hybridized carbons (Fsp3) is 0.261. The van der Waals surface area contributed by atoms with E-state index in [0.29, 0.717) is 29.2 Å². The Morgan fingerprint density at radius 1 is 1.10 bits per heavy atom. The number of hydrogen-bond acceptors (Lipinski definition) is 5. The second-order valence-corrected chi connectivity index (χ2v) is 8.32. The summed E-state index contributed by atoms with van der Waals surface area (Å²) >= 11 is 1.36. The van der Waals surface area contributed by atoms with E-state index in [1.165, 1.54) is 23.5 Å². The van der Waals surface area contributed by atoms with Crippen molar-refractivity contribution in [2.24, 2.45) is 0 Å². The summed E-state index contributed by atoms with van der Waals surface area (Å²) < 4.78 is 13.2. The van der Waals surface area contributed by atoms with Gasteiger partial charge in [-0.15, -0.1) is 11.3 Å². The lowest BCUT2D eigenvalue weighted by atomic mass is 10.1. The van der Waals surface area contributed by atoms with E-state index in [1.54, 1.807) is 12.1 Å². The number of piperazine rings is 1. The number of thiazole rings is 1. The van der Waals surface area contributed by atoms with Crippen LogP contribution in [0.2, 0.25) is 0 Å². The fourth-order valence-corrected chi connectivity index (χ4v) is 4.55. The Labute approximate surface area is 179 Å². The van der Waals surface area contributed by atoms with Crippen LogP contribution < -0.4 is 0 Å². The molecule has 7 heteroatoms. The second-order valence-electron chi connectivity index (χ2n) is 7.32. The van der Waals surface area contributed by atoms with E-state index in [1.807, 2.05) is 36.1 Å². The lowest BCUT2D eigenvalue weighted by molar-refractivity contribution is 0.0632. The molecule has 0 radical (unpaired) electrons. The third-order valence-corrected chi connectivity index (χ3v) is 6.43.